The van der Waals surface area contributed by atoms with Gasteiger partial charge >= 0.3 is 0 Å². The van der Waals surface area contributed by atoms with Crippen molar-refractivity contribution in [3.63, 3.8) is 0 Å². The number of benzene rings is 2. The van der Waals surface area contributed by atoms with Gasteiger partial charge in [-0.25, -0.2) is 4.98 Å². The molecule has 0 spiro atoms. The van der Waals surface area contributed by atoms with Crippen molar-refractivity contribution in [1.82, 2.24) is 20.2 Å². The molecule has 5 heteroatoms. The highest BCUT2D eigenvalue weighted by Crippen LogP contribution is 2.35. The van der Waals surface area contributed by atoms with Crippen LogP contribution in [0.15, 0.2) is 60.9 Å². The van der Waals surface area contributed by atoms with Crippen LogP contribution in [0.25, 0.3) is 21.0 Å². The third-order valence-corrected chi connectivity index (χ3v) is 6.35. The Morgan fingerprint density at radius 2 is 1.96 bits per heavy atom. The predicted octanol–water partition coefficient (Wildman–Crippen LogP) is 4.23. The summed E-state index contributed by atoms with van der Waals surface area (Å²) in [5.41, 5.74) is 2.41. The number of hydrogen-bond acceptors (Lipinski definition) is 5. The fourth-order valence-electron chi connectivity index (χ4n) is 3.91. The van der Waals surface area contributed by atoms with Gasteiger partial charge in [0, 0.05) is 37.4 Å². The summed E-state index contributed by atoms with van der Waals surface area (Å²) in [7, 11) is 0. The molecule has 1 atom stereocenters. The molecule has 1 aliphatic heterocycles. The molecule has 0 aliphatic carbocycles. The number of fused-ring (bicyclic) bond motifs is 2. The van der Waals surface area contributed by atoms with Gasteiger partial charge in [-0.2, -0.15) is 0 Å². The second-order valence-corrected chi connectivity index (χ2v) is 8.11. The minimum Gasteiger partial charge on any atom is -0.315 e. The summed E-state index contributed by atoms with van der Waals surface area (Å²) < 4.78 is 1.26. The molecule has 2 aromatic heterocycles. The fraction of sp³-hybridized carbons (Fsp3) is 0.273. The summed E-state index contributed by atoms with van der Waals surface area (Å²) in [5, 5.41) is 7.13. The zero-order valence-corrected chi connectivity index (χ0v) is 16.0. The zero-order chi connectivity index (χ0) is 18.1. The highest BCUT2D eigenvalue weighted by atomic mass is 32.1. The lowest BCUT2D eigenvalue weighted by Crippen LogP contribution is -2.33. The van der Waals surface area contributed by atoms with E-state index in [0.29, 0.717) is 0 Å². The molecule has 27 heavy (non-hydrogen) atoms. The van der Waals surface area contributed by atoms with Crippen molar-refractivity contribution in [2.75, 3.05) is 26.2 Å². The van der Waals surface area contributed by atoms with Gasteiger partial charge in [0.15, 0.2) is 0 Å². The van der Waals surface area contributed by atoms with Crippen molar-refractivity contribution in [1.29, 1.82) is 0 Å². The van der Waals surface area contributed by atoms with Crippen LogP contribution >= 0.6 is 11.3 Å². The molecule has 0 saturated carbocycles. The largest absolute Gasteiger partial charge is 0.315 e. The lowest BCUT2D eigenvalue weighted by Gasteiger charge is -2.29. The molecule has 5 rings (SSSR count). The second-order valence-electron chi connectivity index (χ2n) is 7.04. The monoisotopic (exact) mass is 374 g/mol. The molecular weight excluding hydrogens is 352 g/mol. The molecule has 0 radical (unpaired) electrons. The van der Waals surface area contributed by atoms with Gasteiger partial charge in [-0.1, -0.05) is 24.3 Å². The van der Waals surface area contributed by atoms with Crippen molar-refractivity contribution in [3.8, 4) is 0 Å². The number of aromatic nitrogens is 2. The average Bonchev–Trinajstić information content (AvgIpc) is 2.95. The van der Waals surface area contributed by atoms with Crippen LogP contribution in [0.2, 0.25) is 0 Å². The molecule has 1 aliphatic rings. The first-order chi connectivity index (χ1) is 13.4. The lowest BCUT2D eigenvalue weighted by atomic mass is 10.0. The van der Waals surface area contributed by atoms with E-state index in [0.717, 1.165) is 31.7 Å². The Labute approximate surface area is 162 Å². The topological polar surface area (TPSA) is 41.1 Å². The Morgan fingerprint density at radius 3 is 2.93 bits per heavy atom. The first-order valence-corrected chi connectivity index (χ1v) is 10.3. The van der Waals surface area contributed by atoms with Gasteiger partial charge in [0.05, 0.1) is 16.3 Å². The van der Waals surface area contributed by atoms with E-state index in [1.165, 1.54) is 32.5 Å². The number of rotatable bonds is 3. The van der Waals surface area contributed by atoms with E-state index in [2.05, 4.69) is 63.7 Å². The van der Waals surface area contributed by atoms with Crippen LogP contribution in [-0.2, 0) is 0 Å². The van der Waals surface area contributed by atoms with Gasteiger partial charge in [-0.15, -0.1) is 11.3 Å². The van der Waals surface area contributed by atoms with E-state index in [1.54, 1.807) is 0 Å². The van der Waals surface area contributed by atoms with Gasteiger partial charge in [0.25, 0.3) is 0 Å². The molecule has 136 valence electrons. The Balaban J connectivity index is 1.63. The standard InChI is InChI=1S/C22H22N4S/c1-2-5-20-19(4-1)25-22(27-20)21(26-12-3-9-23-11-13-26)17-6-7-18-15-24-10-8-16(18)14-17/h1-2,4-8,10,14-15,21,23H,3,9,11-13H2. The van der Waals surface area contributed by atoms with Crippen LogP contribution in [0.1, 0.15) is 23.0 Å². The highest BCUT2D eigenvalue weighted by Gasteiger charge is 2.26. The number of hydrogen-bond donors (Lipinski definition) is 1. The summed E-state index contributed by atoms with van der Waals surface area (Å²) in [6.45, 7) is 4.24. The number of para-hydroxylation sites is 1. The van der Waals surface area contributed by atoms with E-state index in [-0.39, 0.29) is 6.04 Å². The number of thiazole rings is 1. The van der Waals surface area contributed by atoms with Gasteiger partial charge in [0.1, 0.15) is 5.01 Å². The molecule has 4 nitrogen and oxygen atoms in total. The number of nitrogens with one attached hydrogen (secondary N) is 1. The van der Waals surface area contributed by atoms with Gasteiger partial charge in [-0.3, -0.25) is 9.88 Å². The van der Waals surface area contributed by atoms with E-state index >= 15 is 0 Å². The van der Waals surface area contributed by atoms with E-state index in [4.69, 9.17) is 4.98 Å². The van der Waals surface area contributed by atoms with Crippen LogP contribution in [-0.4, -0.2) is 41.0 Å². The maximum Gasteiger partial charge on any atom is 0.116 e. The van der Waals surface area contributed by atoms with Crippen molar-refractivity contribution in [3.05, 3.63) is 71.5 Å². The quantitative estimate of drug-likeness (QED) is 0.583. The van der Waals surface area contributed by atoms with Gasteiger partial charge in [-0.05, 0) is 48.2 Å². The van der Waals surface area contributed by atoms with Gasteiger partial charge < -0.3 is 5.32 Å². The maximum absolute atomic E-state index is 5.02. The van der Waals surface area contributed by atoms with Crippen molar-refractivity contribution in [2.45, 2.75) is 12.5 Å². The van der Waals surface area contributed by atoms with Gasteiger partial charge in [0.2, 0.25) is 0 Å². The Morgan fingerprint density at radius 1 is 1.00 bits per heavy atom. The normalized spacial score (nSPS) is 17.2. The average molecular weight is 375 g/mol. The second kappa shape index (κ2) is 7.35. The van der Waals surface area contributed by atoms with Crippen LogP contribution in [0.3, 0.4) is 0 Å². The summed E-state index contributed by atoms with van der Waals surface area (Å²) in [5.74, 6) is 0. The Bertz CT molecular complexity index is 1030. The molecule has 0 bridgehead atoms. The minimum atomic E-state index is 0.194. The van der Waals surface area contributed by atoms with Crippen molar-refractivity contribution in [2.24, 2.45) is 0 Å². The van der Waals surface area contributed by atoms with E-state index in [9.17, 15) is 0 Å². The smallest absolute Gasteiger partial charge is 0.116 e. The Hall–Kier alpha value is -2.34. The maximum atomic E-state index is 5.02. The first-order valence-electron chi connectivity index (χ1n) is 9.52. The molecule has 1 saturated heterocycles. The molecule has 0 amide bonds. The van der Waals surface area contributed by atoms with Crippen molar-refractivity contribution < 1.29 is 0 Å². The molecule has 2 aromatic carbocycles. The summed E-state index contributed by atoms with van der Waals surface area (Å²) in [4.78, 5) is 11.9. The van der Waals surface area contributed by atoms with Crippen LogP contribution in [0.5, 0.6) is 0 Å². The molecule has 1 fully saturated rings. The zero-order valence-electron chi connectivity index (χ0n) is 15.1. The third kappa shape index (κ3) is 3.34. The van der Waals surface area contributed by atoms with Crippen LogP contribution < -0.4 is 5.32 Å². The molecule has 1 unspecified atom stereocenters. The number of nitrogens with zero attached hydrogens (tertiary/aromatic N) is 3. The molecule has 1 N–H and O–H groups in total. The number of pyridine rings is 1. The molecule has 3 heterocycles. The van der Waals surface area contributed by atoms with E-state index < -0.39 is 0 Å². The predicted molar refractivity (Wildman–Crippen MR) is 112 cm³/mol. The van der Waals surface area contributed by atoms with Crippen LogP contribution in [0, 0.1) is 0 Å². The van der Waals surface area contributed by atoms with E-state index in [1.807, 2.05) is 23.7 Å². The first kappa shape index (κ1) is 16.8. The lowest BCUT2D eigenvalue weighted by molar-refractivity contribution is 0.241. The van der Waals surface area contributed by atoms with Crippen molar-refractivity contribution >= 4 is 32.3 Å². The minimum absolute atomic E-state index is 0.194. The Kier molecular flexibility index (Phi) is 4.57. The summed E-state index contributed by atoms with van der Waals surface area (Å²) in [6, 6.07) is 17.5. The third-order valence-electron chi connectivity index (χ3n) is 5.26. The fourth-order valence-corrected chi connectivity index (χ4v) is 5.04. The van der Waals surface area contributed by atoms with Crippen LogP contribution in [0.4, 0.5) is 0 Å². The molecular formula is C22H22N4S. The summed E-state index contributed by atoms with van der Waals surface area (Å²) in [6.07, 6.45) is 4.97. The molecule has 4 aromatic rings. The highest BCUT2D eigenvalue weighted by molar-refractivity contribution is 7.18. The summed E-state index contributed by atoms with van der Waals surface area (Å²) >= 11 is 1.82. The SMILES string of the molecule is c1ccc2sc(C(c3ccc4cnccc4c3)N3CCCNCC3)nc2c1.